The van der Waals surface area contributed by atoms with Gasteiger partial charge in [0.05, 0.1) is 30.6 Å². The lowest BCUT2D eigenvalue weighted by molar-refractivity contribution is 0.415. The van der Waals surface area contributed by atoms with E-state index in [1.807, 2.05) is 36.5 Å². The van der Waals surface area contributed by atoms with Gasteiger partial charge in [-0.25, -0.2) is 0 Å². The molecule has 2 atom stereocenters. The van der Waals surface area contributed by atoms with E-state index in [0.717, 1.165) is 17.1 Å². The molecule has 3 heterocycles. The number of fused-ring (bicyclic) bond motifs is 1. The number of nitrogens with one attached hydrogen (secondary N) is 1. The Hall–Kier alpha value is -4.16. The molecule has 6 rings (SSSR count). The highest BCUT2D eigenvalue weighted by molar-refractivity contribution is 7.80. The van der Waals surface area contributed by atoms with Crippen LogP contribution in [-0.4, -0.2) is 21.8 Å². The second kappa shape index (κ2) is 9.37. The summed E-state index contributed by atoms with van der Waals surface area (Å²) in [5.74, 6) is 0.793. The molecular formula is C31H28N4OS. The third kappa shape index (κ3) is 3.94. The first-order chi connectivity index (χ1) is 18.1. The summed E-state index contributed by atoms with van der Waals surface area (Å²) in [6.45, 7) is 4.37. The minimum absolute atomic E-state index is 0.0931. The van der Waals surface area contributed by atoms with Crippen molar-refractivity contribution >= 4 is 33.8 Å². The van der Waals surface area contributed by atoms with Gasteiger partial charge >= 0.3 is 0 Å². The van der Waals surface area contributed by atoms with E-state index >= 15 is 0 Å². The number of anilines is 1. The first-order valence-electron chi connectivity index (χ1n) is 12.4. The molecule has 37 heavy (non-hydrogen) atoms. The summed E-state index contributed by atoms with van der Waals surface area (Å²) in [4.78, 5) is 6.91. The Morgan fingerprint density at radius 2 is 1.68 bits per heavy atom. The lowest BCUT2D eigenvalue weighted by Gasteiger charge is -2.28. The van der Waals surface area contributed by atoms with E-state index in [9.17, 15) is 0 Å². The third-order valence-corrected chi connectivity index (χ3v) is 7.54. The Balaban J connectivity index is 1.55. The summed E-state index contributed by atoms with van der Waals surface area (Å²) >= 11 is 5.94. The molecule has 6 heteroatoms. The SMILES string of the molecule is COc1cccc(N2C(=S)N[C@H](c3ccccn3)[C@H]2c2cc(C)n(-c3cccc4ccccc34)c2C)c1. The summed E-state index contributed by atoms with van der Waals surface area (Å²) in [7, 11) is 1.69. The number of ether oxygens (including phenoxy) is 1. The largest absolute Gasteiger partial charge is 0.497 e. The highest BCUT2D eigenvalue weighted by Gasteiger charge is 2.42. The van der Waals surface area contributed by atoms with Crippen LogP contribution in [-0.2, 0) is 0 Å². The van der Waals surface area contributed by atoms with Gasteiger partial charge in [-0.15, -0.1) is 0 Å². The van der Waals surface area contributed by atoms with Gasteiger partial charge in [-0.05, 0) is 73.4 Å². The smallest absolute Gasteiger partial charge is 0.174 e. The highest BCUT2D eigenvalue weighted by atomic mass is 32.1. The van der Waals surface area contributed by atoms with Crippen LogP contribution in [0.5, 0.6) is 5.75 Å². The van der Waals surface area contributed by atoms with Gasteiger partial charge in [0.15, 0.2) is 5.11 Å². The second-order valence-electron chi connectivity index (χ2n) is 9.36. The second-order valence-corrected chi connectivity index (χ2v) is 9.74. The molecule has 0 unspecified atom stereocenters. The van der Waals surface area contributed by atoms with Crippen LogP contribution in [0.1, 0.15) is 34.7 Å². The van der Waals surface area contributed by atoms with Crippen LogP contribution in [0, 0.1) is 13.8 Å². The van der Waals surface area contributed by atoms with Gasteiger partial charge in [-0.3, -0.25) is 4.98 Å². The first-order valence-corrected chi connectivity index (χ1v) is 12.8. The van der Waals surface area contributed by atoms with Crippen molar-refractivity contribution < 1.29 is 4.74 Å². The van der Waals surface area contributed by atoms with Gasteiger partial charge in [-0.2, -0.15) is 0 Å². The van der Waals surface area contributed by atoms with Gasteiger partial charge in [0.2, 0.25) is 0 Å². The summed E-state index contributed by atoms with van der Waals surface area (Å²) in [6.07, 6.45) is 1.84. The van der Waals surface area contributed by atoms with Crippen molar-refractivity contribution in [3.8, 4) is 11.4 Å². The minimum atomic E-state index is -0.110. The predicted molar refractivity (Wildman–Crippen MR) is 154 cm³/mol. The molecule has 5 nitrogen and oxygen atoms in total. The molecule has 0 radical (unpaired) electrons. The number of benzene rings is 3. The molecule has 0 aliphatic carbocycles. The van der Waals surface area contributed by atoms with Gasteiger partial charge in [0, 0.05) is 34.7 Å². The molecule has 5 aromatic rings. The normalized spacial score (nSPS) is 17.3. The van der Waals surface area contributed by atoms with Crippen molar-refractivity contribution in [1.29, 1.82) is 0 Å². The van der Waals surface area contributed by atoms with Crippen LogP contribution in [0.15, 0.2) is 97.2 Å². The molecule has 0 amide bonds. The van der Waals surface area contributed by atoms with E-state index in [1.54, 1.807) is 7.11 Å². The highest BCUT2D eigenvalue weighted by Crippen LogP contribution is 2.44. The molecule has 184 valence electrons. The zero-order valence-corrected chi connectivity index (χ0v) is 21.9. The fraction of sp³-hybridized carbons (Fsp3) is 0.161. The van der Waals surface area contributed by atoms with Crippen molar-refractivity contribution in [1.82, 2.24) is 14.9 Å². The fourth-order valence-corrected chi connectivity index (χ4v) is 5.92. The van der Waals surface area contributed by atoms with Gasteiger partial charge in [0.1, 0.15) is 5.75 Å². The molecule has 3 aromatic carbocycles. The van der Waals surface area contributed by atoms with Crippen molar-refractivity contribution in [2.45, 2.75) is 25.9 Å². The molecule has 0 spiro atoms. The average Bonchev–Trinajstić information content (AvgIpc) is 3.43. The molecule has 1 saturated heterocycles. The predicted octanol–water partition coefficient (Wildman–Crippen LogP) is 6.83. The third-order valence-electron chi connectivity index (χ3n) is 7.23. The zero-order valence-electron chi connectivity index (χ0n) is 21.1. The summed E-state index contributed by atoms with van der Waals surface area (Å²) in [6, 6.07) is 31.2. The Labute approximate surface area is 222 Å². The number of aromatic nitrogens is 2. The Morgan fingerprint density at radius 1 is 0.892 bits per heavy atom. The molecule has 0 bridgehead atoms. The molecule has 0 saturated carbocycles. The summed E-state index contributed by atoms with van der Waals surface area (Å²) < 4.78 is 7.90. The van der Waals surface area contributed by atoms with Crippen molar-refractivity contribution in [2.75, 3.05) is 12.0 Å². The summed E-state index contributed by atoms with van der Waals surface area (Å²) in [5, 5.41) is 6.70. The van der Waals surface area contributed by atoms with Crippen LogP contribution in [0.2, 0.25) is 0 Å². The average molecular weight is 505 g/mol. The molecular weight excluding hydrogens is 476 g/mol. The summed E-state index contributed by atoms with van der Waals surface area (Å²) in [5.41, 5.74) is 6.67. The van der Waals surface area contributed by atoms with Crippen LogP contribution in [0.25, 0.3) is 16.5 Å². The monoisotopic (exact) mass is 504 g/mol. The van der Waals surface area contributed by atoms with Crippen LogP contribution in [0.3, 0.4) is 0 Å². The van der Waals surface area contributed by atoms with E-state index in [1.165, 1.54) is 33.4 Å². The number of hydrogen-bond donors (Lipinski definition) is 1. The van der Waals surface area contributed by atoms with E-state index < -0.39 is 0 Å². The van der Waals surface area contributed by atoms with Crippen molar-refractivity contribution in [3.05, 3.63) is 120 Å². The standard InChI is InChI=1S/C31H28N4OS/c1-20-18-26(21(2)34(20)28-16-8-11-22-10-4-5-14-25(22)28)30-29(27-15-6-7-17-32-27)33-31(37)35(30)23-12-9-13-24(19-23)36-3/h4-19,29-30H,1-3H3,(H,33,37)/t29-,30-/m1/s1. The topological polar surface area (TPSA) is 42.3 Å². The quantitative estimate of drug-likeness (QED) is 0.266. The van der Waals surface area contributed by atoms with E-state index in [4.69, 9.17) is 21.9 Å². The Kier molecular flexibility index (Phi) is 5.89. The fourth-order valence-electron chi connectivity index (χ4n) is 5.57. The van der Waals surface area contributed by atoms with Crippen LogP contribution >= 0.6 is 12.2 Å². The maximum atomic E-state index is 5.94. The van der Waals surface area contributed by atoms with Crippen LogP contribution in [0.4, 0.5) is 5.69 Å². The van der Waals surface area contributed by atoms with E-state index in [2.05, 4.69) is 89.3 Å². The van der Waals surface area contributed by atoms with E-state index in [0.29, 0.717) is 5.11 Å². The van der Waals surface area contributed by atoms with Gasteiger partial charge in [0.25, 0.3) is 0 Å². The number of methoxy groups -OCH3 is 1. The number of hydrogen-bond acceptors (Lipinski definition) is 3. The maximum Gasteiger partial charge on any atom is 0.174 e. The lowest BCUT2D eigenvalue weighted by Crippen LogP contribution is -2.29. The zero-order chi connectivity index (χ0) is 25.5. The van der Waals surface area contributed by atoms with Gasteiger partial charge < -0.3 is 19.5 Å². The Bertz CT molecular complexity index is 1610. The Morgan fingerprint density at radius 3 is 2.49 bits per heavy atom. The van der Waals surface area contributed by atoms with Crippen molar-refractivity contribution in [2.24, 2.45) is 0 Å². The molecule has 2 aromatic heterocycles. The number of thiocarbonyl (C=S) groups is 1. The number of aryl methyl sites for hydroxylation is 1. The van der Waals surface area contributed by atoms with Crippen LogP contribution < -0.4 is 15.0 Å². The van der Waals surface area contributed by atoms with Crippen molar-refractivity contribution in [3.63, 3.8) is 0 Å². The number of rotatable bonds is 5. The molecule has 1 aliphatic rings. The molecule has 1 N–H and O–H groups in total. The van der Waals surface area contributed by atoms with E-state index in [-0.39, 0.29) is 12.1 Å². The minimum Gasteiger partial charge on any atom is -0.497 e. The lowest BCUT2D eigenvalue weighted by atomic mass is 9.96. The molecule has 1 fully saturated rings. The first kappa shape index (κ1) is 23.3. The molecule has 1 aliphatic heterocycles. The number of nitrogens with zero attached hydrogens (tertiary/aromatic N) is 3. The number of pyridine rings is 1. The van der Waals surface area contributed by atoms with Gasteiger partial charge in [-0.1, -0.05) is 48.5 Å². The maximum absolute atomic E-state index is 5.94.